The van der Waals surface area contributed by atoms with Crippen LogP contribution in [0.1, 0.15) is 37.4 Å². The second-order valence-corrected chi connectivity index (χ2v) is 6.67. The predicted molar refractivity (Wildman–Crippen MR) is 90.7 cm³/mol. The molecule has 21 heavy (non-hydrogen) atoms. The van der Waals surface area contributed by atoms with Gasteiger partial charge < -0.3 is 10.2 Å². The third-order valence-corrected chi connectivity index (χ3v) is 4.96. The molecular weight excluding hydrogens is 258 g/mol. The van der Waals surface area contributed by atoms with Gasteiger partial charge in [0, 0.05) is 37.8 Å². The van der Waals surface area contributed by atoms with Crippen molar-refractivity contribution in [3.8, 4) is 0 Å². The highest BCUT2D eigenvalue weighted by Gasteiger charge is 2.26. The number of benzene rings is 1. The summed E-state index contributed by atoms with van der Waals surface area (Å²) in [4.78, 5) is 5.11. The molecule has 0 amide bonds. The predicted octanol–water partition coefficient (Wildman–Crippen LogP) is 2.67. The third kappa shape index (κ3) is 4.29. The van der Waals surface area contributed by atoms with Gasteiger partial charge in [-0.05, 0) is 46.9 Å². The number of aryl methyl sites for hydroxylation is 1. The molecule has 1 saturated heterocycles. The molecule has 3 nitrogen and oxygen atoms in total. The van der Waals surface area contributed by atoms with Gasteiger partial charge in [0.2, 0.25) is 0 Å². The molecule has 3 heteroatoms. The number of hydrogen-bond acceptors (Lipinski definition) is 3. The van der Waals surface area contributed by atoms with Crippen molar-refractivity contribution in [3.63, 3.8) is 0 Å². The Balaban J connectivity index is 1.91. The first-order valence-corrected chi connectivity index (χ1v) is 8.19. The quantitative estimate of drug-likeness (QED) is 0.899. The zero-order valence-electron chi connectivity index (χ0n) is 14.3. The Kier molecular flexibility index (Phi) is 5.80. The van der Waals surface area contributed by atoms with Crippen LogP contribution in [0.5, 0.6) is 0 Å². The van der Waals surface area contributed by atoms with Crippen LogP contribution in [0.15, 0.2) is 24.3 Å². The van der Waals surface area contributed by atoms with Crippen LogP contribution < -0.4 is 5.32 Å². The molecule has 0 aliphatic carbocycles. The van der Waals surface area contributed by atoms with Crippen molar-refractivity contribution in [2.75, 3.05) is 33.7 Å². The van der Waals surface area contributed by atoms with E-state index in [9.17, 15) is 0 Å². The van der Waals surface area contributed by atoms with E-state index in [2.05, 4.69) is 74.2 Å². The molecule has 3 unspecified atom stereocenters. The Morgan fingerprint density at radius 3 is 2.48 bits per heavy atom. The molecule has 1 fully saturated rings. The van der Waals surface area contributed by atoms with Gasteiger partial charge in [-0.25, -0.2) is 0 Å². The highest BCUT2D eigenvalue weighted by molar-refractivity contribution is 5.25. The van der Waals surface area contributed by atoms with Gasteiger partial charge in [0.05, 0.1) is 0 Å². The van der Waals surface area contributed by atoms with E-state index in [-0.39, 0.29) is 0 Å². The molecule has 1 aromatic carbocycles. The molecule has 1 aromatic rings. The molecule has 1 N–H and O–H groups in total. The first-order chi connectivity index (χ1) is 10.0. The fourth-order valence-electron chi connectivity index (χ4n) is 3.37. The van der Waals surface area contributed by atoms with Crippen LogP contribution in [0, 0.1) is 6.92 Å². The number of likely N-dealkylation sites (N-methyl/N-ethyl adjacent to an activating group) is 1. The van der Waals surface area contributed by atoms with Gasteiger partial charge in [0.25, 0.3) is 0 Å². The van der Waals surface area contributed by atoms with Crippen LogP contribution in [0.3, 0.4) is 0 Å². The molecule has 3 atom stereocenters. The van der Waals surface area contributed by atoms with Crippen molar-refractivity contribution in [1.82, 2.24) is 15.1 Å². The summed E-state index contributed by atoms with van der Waals surface area (Å²) in [6.07, 6.45) is 1.17. The van der Waals surface area contributed by atoms with Gasteiger partial charge in [0.1, 0.15) is 0 Å². The Labute approximate surface area is 130 Å². The fourth-order valence-corrected chi connectivity index (χ4v) is 3.37. The van der Waals surface area contributed by atoms with Gasteiger partial charge in [-0.15, -0.1) is 0 Å². The van der Waals surface area contributed by atoms with Gasteiger partial charge in [-0.2, -0.15) is 0 Å². The molecule has 0 bridgehead atoms. The van der Waals surface area contributed by atoms with Crippen LogP contribution in [0.25, 0.3) is 0 Å². The molecule has 1 aliphatic heterocycles. The number of nitrogens with zero attached hydrogens (tertiary/aromatic N) is 2. The average Bonchev–Trinajstić information content (AvgIpc) is 2.45. The van der Waals surface area contributed by atoms with Gasteiger partial charge >= 0.3 is 0 Å². The second-order valence-electron chi connectivity index (χ2n) is 6.67. The van der Waals surface area contributed by atoms with Gasteiger partial charge in [-0.1, -0.05) is 29.8 Å². The summed E-state index contributed by atoms with van der Waals surface area (Å²) in [5.41, 5.74) is 2.75. The largest absolute Gasteiger partial charge is 0.313 e. The van der Waals surface area contributed by atoms with E-state index in [0.29, 0.717) is 18.1 Å². The average molecular weight is 289 g/mol. The zero-order chi connectivity index (χ0) is 15.4. The highest BCUT2D eigenvalue weighted by Crippen LogP contribution is 2.20. The molecule has 1 aliphatic rings. The zero-order valence-corrected chi connectivity index (χ0v) is 14.3. The van der Waals surface area contributed by atoms with Crippen molar-refractivity contribution >= 4 is 0 Å². The summed E-state index contributed by atoms with van der Waals surface area (Å²) >= 11 is 0. The SMILES string of the molecule is CNC(CCN1CC(C)N(C)C(C)C1)c1cccc(C)c1. The van der Waals surface area contributed by atoms with E-state index >= 15 is 0 Å². The van der Waals surface area contributed by atoms with E-state index in [1.165, 1.54) is 37.2 Å². The van der Waals surface area contributed by atoms with Crippen molar-refractivity contribution in [2.24, 2.45) is 0 Å². The first kappa shape index (κ1) is 16.5. The summed E-state index contributed by atoms with van der Waals surface area (Å²) in [5, 5.41) is 3.48. The van der Waals surface area contributed by atoms with E-state index in [0.717, 1.165) is 0 Å². The maximum absolute atomic E-state index is 3.48. The summed E-state index contributed by atoms with van der Waals surface area (Å²) in [6, 6.07) is 10.6. The maximum Gasteiger partial charge on any atom is 0.0329 e. The molecule has 0 saturated carbocycles. The minimum Gasteiger partial charge on any atom is -0.313 e. The Bertz CT molecular complexity index is 434. The summed E-state index contributed by atoms with van der Waals surface area (Å²) in [6.45, 7) is 10.4. The summed E-state index contributed by atoms with van der Waals surface area (Å²) < 4.78 is 0. The lowest BCUT2D eigenvalue weighted by atomic mass is 10.0. The minimum absolute atomic E-state index is 0.454. The van der Waals surface area contributed by atoms with Crippen molar-refractivity contribution < 1.29 is 0 Å². The molecule has 0 radical (unpaired) electrons. The molecule has 1 heterocycles. The molecule has 2 rings (SSSR count). The summed E-state index contributed by atoms with van der Waals surface area (Å²) in [7, 11) is 4.32. The molecule has 118 valence electrons. The van der Waals surface area contributed by atoms with E-state index in [4.69, 9.17) is 0 Å². The second kappa shape index (κ2) is 7.39. The fraction of sp³-hybridized carbons (Fsp3) is 0.667. The topological polar surface area (TPSA) is 18.5 Å². The lowest BCUT2D eigenvalue weighted by Crippen LogP contribution is -2.55. The molecule has 0 aromatic heterocycles. The maximum atomic E-state index is 3.48. The Morgan fingerprint density at radius 1 is 1.24 bits per heavy atom. The smallest absolute Gasteiger partial charge is 0.0329 e. The standard InChI is InChI=1S/C18H31N3/c1-14-7-6-8-17(11-14)18(19-4)9-10-21-12-15(2)20(5)16(3)13-21/h6-8,11,15-16,18-19H,9-10,12-13H2,1-5H3. The van der Waals surface area contributed by atoms with Crippen LogP contribution >= 0.6 is 0 Å². The normalized spacial score (nSPS) is 26.0. The Morgan fingerprint density at radius 2 is 1.90 bits per heavy atom. The van der Waals surface area contributed by atoms with E-state index in [1.807, 2.05) is 0 Å². The Hall–Kier alpha value is -0.900. The lowest BCUT2D eigenvalue weighted by molar-refractivity contribution is 0.0579. The number of rotatable bonds is 5. The van der Waals surface area contributed by atoms with Crippen LogP contribution in [0.4, 0.5) is 0 Å². The first-order valence-electron chi connectivity index (χ1n) is 8.19. The van der Waals surface area contributed by atoms with Gasteiger partial charge in [0.15, 0.2) is 0 Å². The van der Waals surface area contributed by atoms with Gasteiger partial charge in [-0.3, -0.25) is 4.90 Å². The van der Waals surface area contributed by atoms with Crippen molar-refractivity contribution in [3.05, 3.63) is 35.4 Å². The van der Waals surface area contributed by atoms with Crippen LogP contribution in [-0.4, -0.2) is 55.6 Å². The minimum atomic E-state index is 0.454. The molecule has 0 spiro atoms. The third-order valence-electron chi connectivity index (χ3n) is 4.96. The van der Waals surface area contributed by atoms with Crippen LogP contribution in [0.2, 0.25) is 0 Å². The van der Waals surface area contributed by atoms with E-state index < -0.39 is 0 Å². The number of hydrogen-bond donors (Lipinski definition) is 1. The summed E-state index contributed by atoms with van der Waals surface area (Å²) in [5.74, 6) is 0. The van der Waals surface area contributed by atoms with Crippen LogP contribution in [-0.2, 0) is 0 Å². The monoisotopic (exact) mass is 289 g/mol. The highest BCUT2D eigenvalue weighted by atomic mass is 15.3. The lowest BCUT2D eigenvalue weighted by Gasteiger charge is -2.42. The van der Waals surface area contributed by atoms with Crippen molar-refractivity contribution in [1.29, 1.82) is 0 Å². The van der Waals surface area contributed by atoms with E-state index in [1.54, 1.807) is 0 Å². The number of nitrogens with one attached hydrogen (secondary N) is 1. The van der Waals surface area contributed by atoms with Crippen molar-refractivity contribution in [2.45, 2.75) is 45.3 Å². The number of piperazine rings is 1. The molecular formula is C18H31N3.